The second-order valence-corrected chi connectivity index (χ2v) is 9.43. The number of hydrogen-bond donors (Lipinski definition) is 2. The molecular weight excluding hydrogens is 554 g/mol. The molecule has 0 unspecified atom stereocenters. The van der Waals surface area contributed by atoms with Crippen molar-refractivity contribution < 1.29 is 29.0 Å². The Labute approximate surface area is 178 Å². The van der Waals surface area contributed by atoms with Crippen molar-refractivity contribution in [2.45, 2.75) is 24.7 Å². The zero-order chi connectivity index (χ0) is 19.7. The van der Waals surface area contributed by atoms with Crippen molar-refractivity contribution in [3.8, 4) is 0 Å². The van der Waals surface area contributed by atoms with E-state index in [0.717, 1.165) is 10.7 Å². The van der Waals surface area contributed by atoms with Gasteiger partial charge < -0.3 is 19.9 Å². The van der Waals surface area contributed by atoms with Crippen molar-refractivity contribution in [3.63, 3.8) is 0 Å². The van der Waals surface area contributed by atoms with E-state index in [-0.39, 0.29) is 11.1 Å². The Kier molecular flexibility index (Phi) is 4.53. The maximum Gasteiger partial charge on any atom is 0.340 e. The van der Waals surface area contributed by atoms with Gasteiger partial charge >= 0.3 is 11.9 Å². The number of ether oxygens (including phenoxy) is 2. The van der Waals surface area contributed by atoms with Gasteiger partial charge in [-0.2, -0.15) is 0 Å². The summed E-state index contributed by atoms with van der Waals surface area (Å²) < 4.78 is 12.3. The monoisotopic (exact) mass is 563 g/mol. The minimum atomic E-state index is -1.70. The van der Waals surface area contributed by atoms with Crippen molar-refractivity contribution in [2.24, 2.45) is 11.8 Å². The number of esters is 2. The molecule has 10 heteroatoms. The van der Waals surface area contributed by atoms with E-state index in [1.165, 1.54) is 6.92 Å². The molecule has 2 aliphatic heterocycles. The van der Waals surface area contributed by atoms with Gasteiger partial charge in [0.25, 0.3) is 5.91 Å². The topological polar surface area (TPSA) is 102 Å². The highest BCUT2D eigenvalue weighted by Crippen LogP contribution is 2.51. The van der Waals surface area contributed by atoms with Crippen LogP contribution in [0.15, 0.2) is 37.4 Å². The van der Waals surface area contributed by atoms with Gasteiger partial charge in [0.05, 0.1) is 23.1 Å². The molecule has 2 N–H and O–H groups in total. The third-order valence-electron chi connectivity index (χ3n) is 5.20. The molecule has 0 spiro atoms. The number of aliphatic hydroxyl groups is 1. The highest BCUT2D eigenvalue weighted by Gasteiger charge is 2.68. The van der Waals surface area contributed by atoms with Crippen molar-refractivity contribution in [1.29, 1.82) is 0 Å². The van der Waals surface area contributed by atoms with E-state index in [4.69, 9.17) is 9.47 Å². The first kappa shape index (κ1) is 19.1. The van der Waals surface area contributed by atoms with Crippen LogP contribution in [0.4, 0.5) is 0 Å². The molecule has 0 bridgehead atoms. The number of benzene rings is 1. The highest BCUT2D eigenvalue weighted by atomic mass is 79.9. The van der Waals surface area contributed by atoms with Crippen LogP contribution >= 0.6 is 47.8 Å². The average molecular weight is 566 g/mol. The van der Waals surface area contributed by atoms with Gasteiger partial charge in [0.15, 0.2) is 6.10 Å². The fourth-order valence-electron chi connectivity index (χ4n) is 4.04. The molecule has 2 heterocycles. The zero-order valence-corrected chi connectivity index (χ0v) is 18.4. The molecule has 1 saturated heterocycles. The van der Waals surface area contributed by atoms with E-state index >= 15 is 0 Å². The Morgan fingerprint density at radius 3 is 2.52 bits per heavy atom. The zero-order valence-electron chi connectivity index (χ0n) is 13.7. The molecule has 5 atom stereocenters. The summed E-state index contributed by atoms with van der Waals surface area (Å²) in [6.45, 7) is 1.41. The van der Waals surface area contributed by atoms with Gasteiger partial charge in [-0.3, -0.25) is 9.59 Å². The van der Waals surface area contributed by atoms with Gasteiger partial charge in [-0.1, -0.05) is 15.9 Å². The molecule has 27 heavy (non-hydrogen) atoms. The molecule has 142 valence electrons. The van der Waals surface area contributed by atoms with E-state index in [0.29, 0.717) is 8.95 Å². The van der Waals surface area contributed by atoms with Gasteiger partial charge in [-0.15, -0.1) is 0 Å². The number of rotatable bonds is 2. The number of halogens is 3. The summed E-state index contributed by atoms with van der Waals surface area (Å²) in [6.07, 6.45) is -0.0102. The van der Waals surface area contributed by atoms with Crippen molar-refractivity contribution in [3.05, 3.63) is 42.9 Å². The highest BCUT2D eigenvalue weighted by molar-refractivity contribution is 9.11. The standard InChI is InChI=1S/C17H12Br3NO6/c1-17(25)11-9-6(4-26-16(11)24)14(22)21-12(9)13(17)27-15(23)10-7(19)2-5(18)3-8(10)20/h2-4,9,11-13,25H,1H3,(H,21,22)/t9-,11-,12+,13+,17-/m1/s1. The second kappa shape index (κ2) is 6.40. The van der Waals surface area contributed by atoms with Crippen LogP contribution in [-0.2, 0) is 19.1 Å². The van der Waals surface area contributed by atoms with Crippen LogP contribution in [0.2, 0.25) is 0 Å². The number of amides is 1. The third kappa shape index (κ3) is 2.80. The van der Waals surface area contributed by atoms with E-state index in [1.54, 1.807) is 12.1 Å². The van der Waals surface area contributed by atoms with Crippen molar-refractivity contribution in [1.82, 2.24) is 5.32 Å². The van der Waals surface area contributed by atoms with Crippen LogP contribution in [0.25, 0.3) is 0 Å². The van der Waals surface area contributed by atoms with E-state index in [9.17, 15) is 19.5 Å². The number of carbonyl (C=O) groups is 3. The van der Waals surface area contributed by atoms with Gasteiger partial charge in [-0.25, -0.2) is 4.79 Å². The number of cyclic esters (lactones) is 1. The first-order valence-electron chi connectivity index (χ1n) is 7.92. The Morgan fingerprint density at radius 1 is 1.26 bits per heavy atom. The molecule has 1 aromatic rings. The van der Waals surface area contributed by atoms with Crippen LogP contribution in [-0.4, -0.2) is 40.7 Å². The molecule has 2 fully saturated rings. The van der Waals surface area contributed by atoms with E-state index in [1.807, 2.05) is 0 Å². The predicted molar refractivity (Wildman–Crippen MR) is 102 cm³/mol. The Bertz CT molecular complexity index is 904. The minimum absolute atomic E-state index is 0.228. The van der Waals surface area contributed by atoms with Crippen LogP contribution < -0.4 is 5.32 Å². The molecule has 1 aliphatic carbocycles. The maximum absolute atomic E-state index is 12.8. The SMILES string of the molecule is C[C@]1(O)[C@@H](OC(=O)c2c(Br)cc(Br)cc2Br)[C@H]2NC(=O)C3=COC(=O)[C@H]1[C@@H]32. The summed E-state index contributed by atoms with van der Waals surface area (Å²) in [5.41, 5.74) is -1.20. The Balaban J connectivity index is 1.70. The first-order chi connectivity index (χ1) is 12.6. The fourth-order valence-corrected chi connectivity index (χ4v) is 6.62. The summed E-state index contributed by atoms with van der Waals surface area (Å²) in [7, 11) is 0. The Morgan fingerprint density at radius 2 is 1.89 bits per heavy atom. The maximum atomic E-state index is 12.8. The molecule has 0 radical (unpaired) electrons. The van der Waals surface area contributed by atoms with Crippen LogP contribution in [0.1, 0.15) is 17.3 Å². The Hall–Kier alpha value is -1.23. The average Bonchev–Trinajstić information content (AvgIpc) is 2.97. The van der Waals surface area contributed by atoms with E-state index < -0.39 is 47.4 Å². The summed E-state index contributed by atoms with van der Waals surface area (Å²) in [5.74, 6) is -3.37. The summed E-state index contributed by atoms with van der Waals surface area (Å²) in [5, 5.41) is 13.7. The number of nitrogens with one attached hydrogen (secondary N) is 1. The lowest BCUT2D eigenvalue weighted by molar-refractivity contribution is -0.158. The first-order valence-corrected chi connectivity index (χ1v) is 10.3. The molecule has 4 rings (SSSR count). The van der Waals surface area contributed by atoms with Crippen LogP contribution in [0.5, 0.6) is 0 Å². The fraction of sp³-hybridized carbons (Fsp3) is 0.353. The van der Waals surface area contributed by atoms with Gasteiger partial charge in [-0.05, 0) is 50.9 Å². The molecule has 0 aromatic heterocycles. The van der Waals surface area contributed by atoms with Gasteiger partial charge in [0, 0.05) is 19.3 Å². The molecular formula is C17H12Br3NO6. The number of carbonyl (C=O) groups excluding carboxylic acids is 3. The quantitative estimate of drug-likeness (QED) is 0.534. The van der Waals surface area contributed by atoms with E-state index in [2.05, 4.69) is 53.1 Å². The lowest BCUT2D eigenvalue weighted by Gasteiger charge is -2.32. The number of hydrogen-bond acceptors (Lipinski definition) is 6. The summed E-state index contributed by atoms with van der Waals surface area (Å²) >= 11 is 9.97. The lowest BCUT2D eigenvalue weighted by Crippen LogP contribution is -2.51. The summed E-state index contributed by atoms with van der Waals surface area (Å²) in [6, 6.07) is 2.65. The molecule has 7 nitrogen and oxygen atoms in total. The van der Waals surface area contributed by atoms with Crippen molar-refractivity contribution >= 4 is 65.6 Å². The molecule has 1 saturated carbocycles. The smallest absolute Gasteiger partial charge is 0.340 e. The lowest BCUT2D eigenvalue weighted by atomic mass is 9.82. The molecule has 1 amide bonds. The predicted octanol–water partition coefficient (Wildman–Crippen LogP) is 2.44. The second-order valence-electron chi connectivity index (χ2n) is 6.81. The van der Waals surface area contributed by atoms with Gasteiger partial charge in [0.2, 0.25) is 0 Å². The van der Waals surface area contributed by atoms with Crippen molar-refractivity contribution in [2.75, 3.05) is 0 Å². The van der Waals surface area contributed by atoms with Gasteiger partial charge in [0.1, 0.15) is 11.9 Å². The molecule has 1 aromatic carbocycles. The van der Waals surface area contributed by atoms with Crippen LogP contribution in [0.3, 0.4) is 0 Å². The summed E-state index contributed by atoms with van der Waals surface area (Å²) in [4.78, 5) is 37.2. The minimum Gasteiger partial charge on any atom is -0.453 e. The molecule has 3 aliphatic rings. The largest absolute Gasteiger partial charge is 0.453 e. The van der Waals surface area contributed by atoms with Crippen LogP contribution in [0, 0.1) is 11.8 Å². The third-order valence-corrected chi connectivity index (χ3v) is 6.91. The normalized spacial score (nSPS) is 33.9.